The molecule has 3 N–H and O–H groups in total. The number of carbonyl (C=O) groups excluding carboxylic acids is 2. The van der Waals surface area contributed by atoms with Crippen LogP contribution in [0.4, 0.5) is 0 Å². The molecular formula is C15H21N3O2. The third kappa shape index (κ3) is 3.57. The van der Waals surface area contributed by atoms with E-state index in [0.29, 0.717) is 6.54 Å². The largest absolute Gasteiger partial charge is 0.355 e. The van der Waals surface area contributed by atoms with Crippen LogP contribution in [0.15, 0.2) is 24.3 Å². The fourth-order valence-electron chi connectivity index (χ4n) is 2.33. The van der Waals surface area contributed by atoms with Crippen LogP contribution >= 0.6 is 0 Å². The molecule has 2 amide bonds. The van der Waals surface area contributed by atoms with Gasteiger partial charge in [0.1, 0.15) is 6.04 Å². The fraction of sp³-hybridized carbons (Fsp3) is 0.467. The van der Waals surface area contributed by atoms with Gasteiger partial charge in [-0.2, -0.15) is 0 Å². The molecule has 0 aromatic heterocycles. The first-order valence-electron chi connectivity index (χ1n) is 7.08. The number of fused-ring (bicyclic) bond motifs is 1. The summed E-state index contributed by atoms with van der Waals surface area (Å²) in [5, 5.41) is 8.62. The maximum Gasteiger partial charge on any atom is 0.242 e. The average Bonchev–Trinajstić information content (AvgIpc) is 2.50. The van der Waals surface area contributed by atoms with E-state index in [9.17, 15) is 9.59 Å². The molecule has 1 unspecified atom stereocenters. The summed E-state index contributed by atoms with van der Waals surface area (Å²) >= 11 is 0. The number of amides is 2. The van der Waals surface area contributed by atoms with Crippen molar-refractivity contribution in [1.29, 1.82) is 0 Å². The topological polar surface area (TPSA) is 70.2 Å². The molecule has 1 aromatic rings. The SMILES string of the molecule is CCCNC(=O)CNC(=O)C1NCCc2ccccc21. The third-order valence-electron chi connectivity index (χ3n) is 3.37. The lowest BCUT2D eigenvalue weighted by molar-refractivity contribution is -0.127. The van der Waals surface area contributed by atoms with Gasteiger partial charge in [-0.1, -0.05) is 31.2 Å². The molecule has 0 saturated carbocycles. The van der Waals surface area contributed by atoms with Crippen molar-refractivity contribution in [2.24, 2.45) is 0 Å². The number of benzene rings is 1. The van der Waals surface area contributed by atoms with Gasteiger partial charge in [0, 0.05) is 13.1 Å². The molecule has 0 saturated heterocycles. The lowest BCUT2D eigenvalue weighted by Crippen LogP contribution is -2.44. The van der Waals surface area contributed by atoms with Gasteiger partial charge in [-0.3, -0.25) is 9.59 Å². The number of carbonyl (C=O) groups is 2. The quantitative estimate of drug-likeness (QED) is 0.733. The Hall–Kier alpha value is -1.88. The number of rotatable bonds is 5. The first kappa shape index (κ1) is 14.5. The molecule has 5 heteroatoms. The minimum absolute atomic E-state index is 0.0270. The van der Waals surface area contributed by atoms with Crippen molar-refractivity contribution in [2.75, 3.05) is 19.6 Å². The zero-order valence-corrected chi connectivity index (χ0v) is 11.7. The van der Waals surface area contributed by atoms with Crippen LogP contribution in [0.25, 0.3) is 0 Å². The predicted octanol–water partition coefficient (Wildman–Crippen LogP) is 0.516. The molecule has 0 spiro atoms. The predicted molar refractivity (Wildman–Crippen MR) is 77.2 cm³/mol. The molecule has 0 bridgehead atoms. The number of hydrogen-bond donors (Lipinski definition) is 3. The van der Waals surface area contributed by atoms with Gasteiger partial charge in [0.15, 0.2) is 0 Å². The molecule has 2 rings (SSSR count). The third-order valence-corrected chi connectivity index (χ3v) is 3.37. The Kier molecular flexibility index (Phi) is 5.12. The summed E-state index contributed by atoms with van der Waals surface area (Å²) in [4.78, 5) is 23.7. The summed E-state index contributed by atoms with van der Waals surface area (Å²) in [7, 11) is 0. The van der Waals surface area contributed by atoms with E-state index in [1.807, 2.05) is 31.2 Å². The molecule has 20 heavy (non-hydrogen) atoms. The summed E-state index contributed by atoms with van der Waals surface area (Å²) in [6, 6.07) is 7.56. The summed E-state index contributed by atoms with van der Waals surface area (Å²) < 4.78 is 0. The van der Waals surface area contributed by atoms with Crippen molar-refractivity contribution < 1.29 is 9.59 Å². The number of hydrogen-bond acceptors (Lipinski definition) is 3. The van der Waals surface area contributed by atoms with Gasteiger partial charge in [0.05, 0.1) is 6.54 Å². The maximum atomic E-state index is 12.2. The number of nitrogens with one attached hydrogen (secondary N) is 3. The van der Waals surface area contributed by atoms with Crippen molar-refractivity contribution in [1.82, 2.24) is 16.0 Å². The second-order valence-electron chi connectivity index (χ2n) is 4.90. The summed E-state index contributed by atoms with van der Waals surface area (Å²) in [6.07, 6.45) is 1.81. The van der Waals surface area contributed by atoms with Crippen LogP contribution in [0.2, 0.25) is 0 Å². The minimum atomic E-state index is -0.362. The highest BCUT2D eigenvalue weighted by molar-refractivity contribution is 5.88. The van der Waals surface area contributed by atoms with Crippen LogP contribution in [0.3, 0.4) is 0 Å². The van der Waals surface area contributed by atoms with Gasteiger partial charge in [-0.05, 0) is 24.0 Å². The highest BCUT2D eigenvalue weighted by Gasteiger charge is 2.25. The van der Waals surface area contributed by atoms with Crippen molar-refractivity contribution in [3.63, 3.8) is 0 Å². The van der Waals surface area contributed by atoms with Crippen LogP contribution in [-0.2, 0) is 16.0 Å². The molecule has 1 atom stereocenters. The van der Waals surface area contributed by atoms with E-state index >= 15 is 0 Å². The zero-order valence-electron chi connectivity index (χ0n) is 11.7. The first-order chi connectivity index (χ1) is 9.72. The van der Waals surface area contributed by atoms with E-state index in [1.54, 1.807) is 0 Å². The summed E-state index contributed by atoms with van der Waals surface area (Å²) in [6.45, 7) is 3.43. The Balaban J connectivity index is 1.92. The second kappa shape index (κ2) is 7.05. The zero-order chi connectivity index (χ0) is 14.4. The van der Waals surface area contributed by atoms with E-state index in [2.05, 4.69) is 16.0 Å². The normalized spacial score (nSPS) is 17.1. The fourth-order valence-corrected chi connectivity index (χ4v) is 2.33. The van der Waals surface area contributed by atoms with Gasteiger partial charge in [0.2, 0.25) is 11.8 Å². The molecule has 1 aliphatic rings. The molecule has 108 valence electrons. The van der Waals surface area contributed by atoms with Gasteiger partial charge < -0.3 is 16.0 Å². The smallest absolute Gasteiger partial charge is 0.242 e. The van der Waals surface area contributed by atoms with Crippen LogP contribution < -0.4 is 16.0 Å². The van der Waals surface area contributed by atoms with E-state index in [-0.39, 0.29) is 24.4 Å². The lowest BCUT2D eigenvalue weighted by atomic mass is 9.94. The highest BCUT2D eigenvalue weighted by atomic mass is 16.2. The standard InChI is InChI=1S/C15H21N3O2/c1-2-8-16-13(19)10-18-15(20)14-12-6-4-3-5-11(12)7-9-17-14/h3-6,14,17H,2,7-10H2,1H3,(H,16,19)(H,18,20). The van der Waals surface area contributed by atoms with Crippen LogP contribution in [0.5, 0.6) is 0 Å². The monoisotopic (exact) mass is 275 g/mol. The minimum Gasteiger partial charge on any atom is -0.355 e. The first-order valence-corrected chi connectivity index (χ1v) is 7.08. The van der Waals surface area contributed by atoms with Crippen LogP contribution in [0.1, 0.15) is 30.5 Å². The van der Waals surface area contributed by atoms with Crippen LogP contribution in [-0.4, -0.2) is 31.4 Å². The van der Waals surface area contributed by atoms with E-state index < -0.39 is 0 Å². The van der Waals surface area contributed by atoms with Crippen molar-refractivity contribution in [2.45, 2.75) is 25.8 Å². The Morgan fingerprint density at radius 2 is 2.10 bits per heavy atom. The lowest BCUT2D eigenvalue weighted by Gasteiger charge is -2.25. The Labute approximate surface area is 119 Å². The Morgan fingerprint density at radius 1 is 1.30 bits per heavy atom. The molecule has 1 aromatic carbocycles. The maximum absolute atomic E-state index is 12.2. The molecule has 0 aliphatic carbocycles. The molecule has 1 heterocycles. The van der Waals surface area contributed by atoms with Gasteiger partial charge in [-0.15, -0.1) is 0 Å². The average molecular weight is 275 g/mol. The van der Waals surface area contributed by atoms with E-state index in [1.165, 1.54) is 5.56 Å². The van der Waals surface area contributed by atoms with Crippen molar-refractivity contribution >= 4 is 11.8 Å². The molecule has 1 aliphatic heterocycles. The van der Waals surface area contributed by atoms with Crippen molar-refractivity contribution in [3.8, 4) is 0 Å². The highest BCUT2D eigenvalue weighted by Crippen LogP contribution is 2.22. The molecule has 5 nitrogen and oxygen atoms in total. The van der Waals surface area contributed by atoms with E-state index in [0.717, 1.165) is 24.9 Å². The van der Waals surface area contributed by atoms with Gasteiger partial charge >= 0.3 is 0 Å². The Morgan fingerprint density at radius 3 is 2.90 bits per heavy atom. The molecular weight excluding hydrogens is 254 g/mol. The van der Waals surface area contributed by atoms with Gasteiger partial charge in [-0.25, -0.2) is 0 Å². The second-order valence-corrected chi connectivity index (χ2v) is 4.90. The summed E-state index contributed by atoms with van der Waals surface area (Å²) in [5.74, 6) is -0.298. The Bertz CT molecular complexity index is 488. The van der Waals surface area contributed by atoms with Crippen LogP contribution in [0, 0.1) is 0 Å². The summed E-state index contributed by atoms with van der Waals surface area (Å²) in [5.41, 5.74) is 2.20. The van der Waals surface area contributed by atoms with Crippen molar-refractivity contribution in [3.05, 3.63) is 35.4 Å². The van der Waals surface area contributed by atoms with E-state index in [4.69, 9.17) is 0 Å². The molecule has 0 fully saturated rings. The van der Waals surface area contributed by atoms with Gasteiger partial charge in [0.25, 0.3) is 0 Å². The molecule has 0 radical (unpaired) electrons.